The third-order valence-corrected chi connectivity index (χ3v) is 7.29. The Kier molecular flexibility index (Phi) is 7.62. The molecule has 7 heteroatoms. The lowest BCUT2D eigenvalue weighted by Crippen LogP contribution is -2.51. The summed E-state index contributed by atoms with van der Waals surface area (Å²) in [5.41, 5.74) is 2.25. The van der Waals surface area contributed by atoms with Crippen LogP contribution in [0.1, 0.15) is 42.4 Å². The highest BCUT2D eigenvalue weighted by Crippen LogP contribution is 2.51. The second-order valence-corrected chi connectivity index (χ2v) is 10.1. The Bertz CT molecular complexity index is 999. The van der Waals surface area contributed by atoms with Crippen molar-refractivity contribution in [3.63, 3.8) is 0 Å². The van der Waals surface area contributed by atoms with Gasteiger partial charge in [0, 0.05) is 29.6 Å². The van der Waals surface area contributed by atoms with Gasteiger partial charge in [-0.3, -0.25) is 9.59 Å². The minimum absolute atomic E-state index is 0.152. The van der Waals surface area contributed by atoms with Crippen LogP contribution < -0.4 is 10.6 Å². The smallest absolute Gasteiger partial charge is 0.242 e. The molecule has 2 aliphatic rings. The van der Waals surface area contributed by atoms with Gasteiger partial charge in [-0.2, -0.15) is 0 Å². The van der Waals surface area contributed by atoms with Crippen molar-refractivity contribution in [2.24, 2.45) is 0 Å². The number of carbonyl (C=O) groups is 2. The van der Waals surface area contributed by atoms with Gasteiger partial charge in [0.25, 0.3) is 0 Å². The van der Waals surface area contributed by atoms with Gasteiger partial charge in [-0.15, -0.1) is 0 Å². The van der Waals surface area contributed by atoms with Gasteiger partial charge >= 0.3 is 0 Å². The Labute approximate surface area is 205 Å². The second-order valence-electron chi connectivity index (χ2n) is 9.26. The Morgan fingerprint density at radius 3 is 2.39 bits per heavy atom. The molecule has 1 aliphatic carbocycles. The molecular weight excluding hydrogens is 457 g/mol. The number of nitrogens with zero attached hydrogens (tertiary/aromatic N) is 1. The van der Waals surface area contributed by atoms with Gasteiger partial charge in [-0.25, -0.2) is 0 Å². The molecule has 0 bridgehead atoms. The van der Waals surface area contributed by atoms with Crippen LogP contribution in [0.5, 0.6) is 0 Å². The van der Waals surface area contributed by atoms with Gasteiger partial charge in [0.15, 0.2) is 0 Å². The van der Waals surface area contributed by atoms with Crippen molar-refractivity contribution < 1.29 is 9.59 Å². The number of carbonyl (C=O) groups excluding carboxylic acids is 2. The van der Waals surface area contributed by atoms with E-state index in [4.69, 9.17) is 23.2 Å². The van der Waals surface area contributed by atoms with E-state index < -0.39 is 11.5 Å². The molecule has 33 heavy (non-hydrogen) atoms. The minimum Gasteiger partial charge on any atom is -0.353 e. The maximum Gasteiger partial charge on any atom is 0.242 e. The third-order valence-electron chi connectivity index (χ3n) is 6.74. The highest BCUT2D eigenvalue weighted by molar-refractivity contribution is 6.35. The molecule has 4 rings (SSSR count). The molecule has 0 aromatic heterocycles. The summed E-state index contributed by atoms with van der Waals surface area (Å²) in [6, 6.07) is 12.7. The molecule has 176 valence electrons. The lowest BCUT2D eigenvalue weighted by Gasteiger charge is -2.24. The molecule has 0 radical (unpaired) electrons. The summed E-state index contributed by atoms with van der Waals surface area (Å²) in [5.74, 6) is -0.306. The largest absolute Gasteiger partial charge is 0.353 e. The van der Waals surface area contributed by atoms with Crippen LogP contribution in [-0.2, 0) is 21.4 Å². The van der Waals surface area contributed by atoms with Crippen LogP contribution in [-0.4, -0.2) is 48.9 Å². The van der Waals surface area contributed by atoms with E-state index >= 15 is 0 Å². The maximum absolute atomic E-state index is 13.4. The van der Waals surface area contributed by atoms with E-state index in [0.717, 1.165) is 36.3 Å². The van der Waals surface area contributed by atoms with Crippen LogP contribution in [0, 0.1) is 6.92 Å². The zero-order valence-corrected chi connectivity index (χ0v) is 20.5. The predicted octanol–water partition coefficient (Wildman–Crippen LogP) is 4.27. The fraction of sp³-hybridized carbons (Fsp3) is 0.462. The first-order valence-corrected chi connectivity index (χ1v) is 12.5. The van der Waals surface area contributed by atoms with Crippen molar-refractivity contribution in [2.75, 3.05) is 26.2 Å². The first kappa shape index (κ1) is 24.1. The van der Waals surface area contributed by atoms with E-state index in [-0.39, 0.29) is 11.8 Å². The Morgan fingerprint density at radius 2 is 1.76 bits per heavy atom. The van der Waals surface area contributed by atoms with Crippen molar-refractivity contribution >= 4 is 35.0 Å². The third kappa shape index (κ3) is 5.89. The van der Waals surface area contributed by atoms with Gasteiger partial charge in [-0.05, 0) is 69.0 Å². The molecule has 5 nitrogen and oxygen atoms in total. The summed E-state index contributed by atoms with van der Waals surface area (Å²) in [5, 5.41) is 7.11. The highest BCUT2D eigenvalue weighted by atomic mass is 35.5. The Hall–Kier alpha value is -2.08. The van der Waals surface area contributed by atoms with Crippen molar-refractivity contribution in [1.82, 2.24) is 15.5 Å². The quantitative estimate of drug-likeness (QED) is 0.554. The van der Waals surface area contributed by atoms with Crippen LogP contribution >= 0.6 is 23.2 Å². The van der Waals surface area contributed by atoms with Gasteiger partial charge in [-0.1, -0.05) is 59.1 Å². The summed E-state index contributed by atoms with van der Waals surface area (Å²) < 4.78 is 0. The van der Waals surface area contributed by atoms with Crippen molar-refractivity contribution in [2.45, 2.75) is 50.5 Å². The fourth-order valence-corrected chi connectivity index (χ4v) is 5.14. The normalized spacial score (nSPS) is 18.0. The molecule has 1 atom stereocenters. The molecule has 2 aromatic carbocycles. The van der Waals surface area contributed by atoms with E-state index in [1.54, 1.807) is 12.1 Å². The average Bonchev–Trinajstić information content (AvgIpc) is 3.42. The lowest BCUT2D eigenvalue weighted by molar-refractivity contribution is -0.130. The summed E-state index contributed by atoms with van der Waals surface area (Å²) in [6.07, 6.45) is 4.28. The number of hydrogen-bond acceptors (Lipinski definition) is 3. The SMILES string of the molecule is Cc1ccc(C[C@H](NC(=O)C2(c3ccc(Cl)cc3Cl)CC2)C(=O)NCCN2CCCC2)cc1. The number of benzene rings is 2. The van der Waals surface area contributed by atoms with Crippen molar-refractivity contribution in [1.29, 1.82) is 0 Å². The molecule has 1 heterocycles. The molecule has 2 amide bonds. The summed E-state index contributed by atoms with van der Waals surface area (Å²) >= 11 is 12.5. The molecule has 0 spiro atoms. The fourth-order valence-electron chi connectivity index (χ4n) is 4.55. The molecule has 1 saturated heterocycles. The molecule has 1 saturated carbocycles. The summed E-state index contributed by atoms with van der Waals surface area (Å²) in [7, 11) is 0. The first-order valence-electron chi connectivity index (χ1n) is 11.7. The number of halogens is 2. The van der Waals surface area contributed by atoms with Crippen molar-refractivity contribution in [3.05, 3.63) is 69.2 Å². The zero-order valence-electron chi connectivity index (χ0n) is 19.0. The minimum atomic E-state index is -0.691. The topological polar surface area (TPSA) is 61.4 Å². The predicted molar refractivity (Wildman–Crippen MR) is 133 cm³/mol. The lowest BCUT2D eigenvalue weighted by atomic mass is 9.94. The number of nitrogens with one attached hydrogen (secondary N) is 2. The van der Waals surface area contributed by atoms with E-state index in [0.29, 0.717) is 35.9 Å². The molecule has 0 unspecified atom stereocenters. The van der Waals surface area contributed by atoms with Crippen LogP contribution in [0.2, 0.25) is 10.0 Å². The van der Waals surface area contributed by atoms with Gasteiger partial charge in [0.2, 0.25) is 11.8 Å². The molecule has 1 aliphatic heterocycles. The maximum atomic E-state index is 13.4. The highest BCUT2D eigenvalue weighted by Gasteiger charge is 2.53. The molecule has 2 fully saturated rings. The van der Waals surface area contributed by atoms with Gasteiger partial charge < -0.3 is 15.5 Å². The molecular formula is C26H31Cl2N3O2. The van der Waals surface area contributed by atoms with Crippen LogP contribution in [0.4, 0.5) is 0 Å². The summed E-state index contributed by atoms with van der Waals surface area (Å²) in [4.78, 5) is 28.9. The number of hydrogen-bond donors (Lipinski definition) is 2. The Morgan fingerprint density at radius 1 is 1.06 bits per heavy atom. The van der Waals surface area contributed by atoms with Gasteiger partial charge in [0.1, 0.15) is 6.04 Å². The van der Waals surface area contributed by atoms with Crippen molar-refractivity contribution in [3.8, 4) is 0 Å². The van der Waals surface area contributed by atoms with Crippen LogP contribution in [0.15, 0.2) is 42.5 Å². The van der Waals surface area contributed by atoms with Gasteiger partial charge in [0.05, 0.1) is 5.41 Å². The van der Waals surface area contributed by atoms with Crippen LogP contribution in [0.3, 0.4) is 0 Å². The molecule has 2 N–H and O–H groups in total. The number of aryl methyl sites for hydroxylation is 1. The molecule has 2 aromatic rings. The van der Waals surface area contributed by atoms with E-state index in [9.17, 15) is 9.59 Å². The number of likely N-dealkylation sites (tertiary alicyclic amines) is 1. The van der Waals surface area contributed by atoms with E-state index in [2.05, 4.69) is 15.5 Å². The monoisotopic (exact) mass is 487 g/mol. The van der Waals surface area contributed by atoms with Crippen LogP contribution in [0.25, 0.3) is 0 Å². The first-order chi connectivity index (χ1) is 15.9. The van der Waals surface area contributed by atoms with E-state index in [1.165, 1.54) is 12.8 Å². The zero-order chi connectivity index (χ0) is 23.4. The summed E-state index contributed by atoms with van der Waals surface area (Å²) in [6.45, 7) is 5.61. The average molecular weight is 488 g/mol. The van der Waals surface area contributed by atoms with E-state index in [1.807, 2.05) is 37.3 Å². The standard InChI is InChI=1S/C26H31Cl2N3O2/c1-18-4-6-19(7-5-18)16-23(24(32)29-12-15-31-13-2-3-14-31)30-25(33)26(10-11-26)21-9-8-20(27)17-22(21)28/h4-9,17,23H,2-3,10-16H2,1H3,(H,29,32)(H,30,33)/t23-/m0/s1. The second kappa shape index (κ2) is 10.5. The Balaban J connectivity index is 1.46. The number of rotatable bonds is 9. The number of amides is 2.